The zero-order valence-corrected chi connectivity index (χ0v) is 90.0. The molecule has 737 valence electrons. The Labute approximate surface area is 902 Å². The van der Waals surface area contributed by atoms with Gasteiger partial charge in [-0.15, -0.1) is 23.5 Å². The summed E-state index contributed by atoms with van der Waals surface area (Å²) in [6.45, 7) is 28.7. The average Bonchev–Trinajstić information content (AvgIpc) is 1.29. The molecule has 26 nitrogen and oxygen atoms in total. The molecule has 0 saturated heterocycles. The van der Waals surface area contributed by atoms with Crippen LogP contribution in [0.1, 0.15) is 143 Å². The molecule has 14 aromatic rings. The third kappa shape index (κ3) is 18.5. The van der Waals surface area contributed by atoms with Gasteiger partial charge < -0.3 is 71.5 Å². The van der Waals surface area contributed by atoms with Crippen LogP contribution in [0, 0.1) is 0 Å². The van der Waals surface area contributed by atoms with Gasteiger partial charge in [-0.05, 0) is 197 Å². The van der Waals surface area contributed by atoms with E-state index in [1.807, 2.05) is 140 Å². The fraction of sp³-hybridized carbons (Fsp3) is 0.172. The number of fused-ring (bicyclic) bond motifs is 24. The SMILES string of the molecule is C1=C2[N-]C(=C(c3ccccc3)c3nc(cn3-c3ccccc3)N(c3ccccc3)C3=CSC(=C(c4ccccc4)c4nc(cn4-c4ccccc4)N2c2ccccc2)[N-]3)S1.CC1(C)N=C2N=C1N=C1[N-]C(=NC1(C)C)C1=NC(C)(C)C(=N1)N=C1[N-]C2=NC1(C)C.CC1=C2[N-]C(=CN2c2ccccc2)C(C)(C)c2cn(-c3ccccc3)c(n2)C(C)=C2[N-]C(=CN2c2ccccc2)C(C)(C)c2cn(-c3ccccc3)c1n2.[Cu+2].[Pt+2].[Pt+2]. The Bertz CT molecular complexity index is 7570. The zero-order valence-electron chi connectivity index (χ0n) is 82.9. The average molecular weight is 2380 g/mol. The summed E-state index contributed by atoms with van der Waals surface area (Å²) >= 11 is 3.18. The predicted molar refractivity (Wildman–Crippen MR) is 589 cm³/mol. The summed E-state index contributed by atoms with van der Waals surface area (Å²) in [6, 6.07) is 104. The van der Waals surface area contributed by atoms with Crippen LogP contribution in [0.3, 0.4) is 0 Å². The van der Waals surface area contributed by atoms with Crippen LogP contribution in [-0.2, 0) is 70.0 Å². The molecular formula is C116H100CuN26Pt2S2. The van der Waals surface area contributed by atoms with E-state index in [4.69, 9.17) is 71.2 Å². The van der Waals surface area contributed by atoms with E-state index in [0.717, 1.165) is 170 Å². The first-order valence-electron chi connectivity index (χ1n) is 47.9. The van der Waals surface area contributed by atoms with Gasteiger partial charge in [-0.3, -0.25) is 28.3 Å². The van der Waals surface area contributed by atoms with Crippen molar-refractivity contribution in [3.05, 3.63) is 474 Å². The van der Waals surface area contributed by atoms with Crippen LogP contribution in [0.15, 0.2) is 436 Å². The van der Waals surface area contributed by atoms with Gasteiger partial charge in [0.2, 0.25) is 0 Å². The second kappa shape index (κ2) is 39.4. The Morgan fingerprint density at radius 3 is 0.884 bits per heavy atom. The monoisotopic (exact) mass is 2370 g/mol. The maximum absolute atomic E-state index is 5.56. The number of allylic oxidation sites excluding steroid dienone is 4. The Hall–Kier alpha value is -15.1. The van der Waals surface area contributed by atoms with E-state index in [2.05, 4.69) is 366 Å². The van der Waals surface area contributed by atoms with Crippen molar-refractivity contribution in [1.82, 2.24) is 38.2 Å². The Kier molecular flexibility index (Phi) is 26.6. The molecule has 0 amide bonds. The number of nitrogens with zero attached hydrogens (tertiary/aromatic N) is 26. The Morgan fingerprint density at radius 2 is 0.571 bits per heavy atom. The van der Waals surface area contributed by atoms with Crippen LogP contribution in [0.2, 0.25) is 0 Å². The molecule has 11 aliphatic rings. The fourth-order valence-corrected chi connectivity index (χ4v) is 20.3. The summed E-state index contributed by atoms with van der Waals surface area (Å²) < 4.78 is 8.73. The van der Waals surface area contributed by atoms with E-state index in [1.165, 1.54) is 0 Å². The largest absolute Gasteiger partial charge is 2.00 e. The van der Waals surface area contributed by atoms with E-state index in [-0.39, 0.29) is 59.2 Å². The molecule has 0 N–H and O–H groups in total. The number of aliphatic imine (C=N–C) groups is 8. The number of rotatable bonds is 10. The molecule has 4 aromatic heterocycles. The maximum Gasteiger partial charge on any atom is 2.00 e. The summed E-state index contributed by atoms with van der Waals surface area (Å²) in [5.41, 5.74) is 13.6. The zero-order chi connectivity index (χ0) is 98.7. The van der Waals surface area contributed by atoms with Gasteiger partial charge in [0.1, 0.15) is 34.4 Å². The van der Waals surface area contributed by atoms with Gasteiger partial charge in [0.15, 0.2) is 11.7 Å². The molecule has 25 rings (SSSR count). The third-order valence-electron chi connectivity index (χ3n) is 26.6. The first-order chi connectivity index (χ1) is 69.6. The Balaban J connectivity index is 0.000000139. The summed E-state index contributed by atoms with van der Waals surface area (Å²) in [5, 5.41) is 37.2. The topological polar surface area (TPSA) is 268 Å². The fourth-order valence-electron chi connectivity index (χ4n) is 18.6. The molecule has 10 aromatic carbocycles. The van der Waals surface area contributed by atoms with E-state index < -0.39 is 33.0 Å². The molecule has 0 atom stereocenters. The number of hydrogen-bond donors (Lipinski definition) is 0. The molecule has 0 spiro atoms. The molecule has 0 fully saturated rings. The van der Waals surface area contributed by atoms with E-state index in [9.17, 15) is 0 Å². The minimum Gasteiger partial charge on any atom is -0.439 e. The summed E-state index contributed by atoms with van der Waals surface area (Å²) in [4.78, 5) is 68.6. The second-order valence-electron chi connectivity index (χ2n) is 39.2. The molecule has 147 heavy (non-hydrogen) atoms. The molecule has 0 aliphatic carbocycles. The summed E-state index contributed by atoms with van der Waals surface area (Å²) in [5.74, 6) is 11.8. The van der Waals surface area contributed by atoms with Crippen molar-refractivity contribution < 1.29 is 59.2 Å². The molecule has 11 aliphatic heterocycles. The van der Waals surface area contributed by atoms with E-state index in [0.29, 0.717) is 46.7 Å². The molecule has 24 bridgehead atoms. The van der Waals surface area contributed by atoms with Gasteiger partial charge in [-0.25, -0.2) is 29.9 Å². The minimum absolute atomic E-state index is 0. The molecule has 31 heteroatoms. The van der Waals surface area contributed by atoms with Crippen LogP contribution in [0.4, 0.5) is 34.4 Å². The number of aromatic nitrogens is 8. The standard InChI is InChI=1S/C50H34N8S2.C46H42N8.C20H24N10.Cu.2Pt/c1-7-19-35(20-8-1)45-47-51-41(31-55(47)37-23-11-3-12-24-37)57(39-27-15-5-16-28-39)44-34-60-50(54-44)46(36-21-9-2-10-22-36)48-52-42(32-56(48)38-25-13-4-14-26-38)58(40-29-17-6-18-30-40)43-33-59-49(45)53-43;1-31-41-47-37(27-51(41)33-19-11-7-12-20-33)45(3,4)39-29-53(35-23-15-9-16-24-35)43(49-39)32(2)44-50-40(30-54(44)36-25-17-10-18-26-36)46(5,6)38-28-52(42(31)48-38)34-21-13-8-14-22-34;1-17(2)13-21-9(27-17)10-22-15(19(5,6)28-10)26-16-20(7,8)30-12(24-16)11-23-14(25-13)18(3,4)29-11;;;/h1-34H;7-30H,1-6H3;1-8H3;;;/q3*-2;3*+2. The smallest absolute Gasteiger partial charge is 0.439 e. The number of para-hydroxylation sites is 8. The molecule has 15 heterocycles. The number of amidine groups is 8. The number of imidazole rings is 4. The number of anilines is 6. The minimum atomic E-state index is -0.628. The Morgan fingerprint density at radius 1 is 0.286 bits per heavy atom. The molecule has 1 radical (unpaired) electrons. The van der Waals surface area contributed by atoms with E-state index in [1.54, 1.807) is 23.5 Å². The van der Waals surface area contributed by atoms with Crippen molar-refractivity contribution in [3.8, 4) is 22.7 Å². The van der Waals surface area contributed by atoms with Gasteiger partial charge in [0.05, 0.1) is 46.4 Å². The quantitative estimate of drug-likeness (QED) is 0.117. The summed E-state index contributed by atoms with van der Waals surface area (Å²) in [7, 11) is 0. The van der Waals surface area contributed by atoms with Gasteiger partial charge in [0, 0.05) is 102 Å². The van der Waals surface area contributed by atoms with Crippen molar-refractivity contribution in [1.29, 1.82) is 0 Å². The van der Waals surface area contributed by atoms with Gasteiger partial charge in [0.25, 0.3) is 0 Å². The number of hydrogen-bond acceptors (Lipinski definition) is 18. The molecule has 0 unspecified atom stereocenters. The normalized spacial score (nSPS) is 18.2. The van der Waals surface area contributed by atoms with Crippen LogP contribution in [0.5, 0.6) is 0 Å². The first-order valence-corrected chi connectivity index (χ1v) is 49.7. The van der Waals surface area contributed by atoms with Gasteiger partial charge >= 0.3 is 59.2 Å². The van der Waals surface area contributed by atoms with Gasteiger partial charge in [-0.1, -0.05) is 306 Å². The molecular weight excluding hydrogens is 2280 g/mol. The number of benzene rings is 10. The van der Waals surface area contributed by atoms with Crippen LogP contribution >= 0.6 is 23.5 Å². The van der Waals surface area contributed by atoms with Crippen LogP contribution in [0.25, 0.3) is 76.9 Å². The van der Waals surface area contributed by atoms with E-state index >= 15 is 0 Å². The van der Waals surface area contributed by atoms with Crippen molar-refractivity contribution in [2.45, 2.75) is 130 Å². The van der Waals surface area contributed by atoms with Crippen LogP contribution in [-0.4, -0.2) is 107 Å². The summed E-state index contributed by atoms with van der Waals surface area (Å²) in [6.07, 6.45) is 12.9. The van der Waals surface area contributed by atoms with Crippen molar-refractivity contribution in [3.63, 3.8) is 0 Å². The third-order valence-corrected chi connectivity index (χ3v) is 28.3. The predicted octanol–water partition coefficient (Wildman–Crippen LogP) is 27.6. The van der Waals surface area contributed by atoms with Crippen LogP contribution < -0.4 is 19.6 Å². The second-order valence-corrected chi connectivity index (χ2v) is 40.9. The first kappa shape index (κ1) is 99.3. The maximum atomic E-state index is 5.56. The van der Waals surface area contributed by atoms with Crippen molar-refractivity contribution in [2.24, 2.45) is 39.9 Å². The van der Waals surface area contributed by atoms with Crippen molar-refractivity contribution >= 4 is 127 Å². The van der Waals surface area contributed by atoms with Crippen molar-refractivity contribution in [2.75, 3.05) is 19.6 Å². The molecule has 0 saturated carbocycles. The van der Waals surface area contributed by atoms with Gasteiger partial charge in [-0.2, -0.15) is 0 Å². The number of thioether (sulfide) groups is 2.